The number of nitrogens with zero attached hydrogens (tertiary/aromatic N) is 1. The highest BCUT2D eigenvalue weighted by atomic mass is 16.2. The summed E-state index contributed by atoms with van der Waals surface area (Å²) in [6, 6.07) is 16.0. The summed E-state index contributed by atoms with van der Waals surface area (Å²) in [6.45, 7) is 1.04. The normalized spacial score (nSPS) is 16.2. The van der Waals surface area contributed by atoms with Crippen molar-refractivity contribution in [2.24, 2.45) is 11.7 Å². The minimum absolute atomic E-state index is 0.00656. The SMILES string of the molecule is NC(=O)Nc1ccc(NC(=O)C2CC(=O)N(CCc3ccccc3)C2)cc1. The summed E-state index contributed by atoms with van der Waals surface area (Å²) in [6.07, 6.45) is 0.997. The summed E-state index contributed by atoms with van der Waals surface area (Å²) >= 11 is 0. The van der Waals surface area contributed by atoms with Gasteiger partial charge in [-0.15, -0.1) is 0 Å². The predicted octanol–water partition coefficient (Wildman–Crippen LogP) is 2.21. The molecule has 1 atom stereocenters. The van der Waals surface area contributed by atoms with E-state index in [0.717, 1.165) is 6.42 Å². The van der Waals surface area contributed by atoms with Gasteiger partial charge < -0.3 is 21.3 Å². The molecule has 1 unspecified atom stereocenters. The molecule has 1 saturated heterocycles. The fourth-order valence-corrected chi connectivity index (χ4v) is 3.10. The van der Waals surface area contributed by atoms with Gasteiger partial charge in [-0.3, -0.25) is 9.59 Å². The predicted molar refractivity (Wildman–Crippen MR) is 103 cm³/mol. The van der Waals surface area contributed by atoms with Crippen LogP contribution in [0.3, 0.4) is 0 Å². The topological polar surface area (TPSA) is 105 Å². The zero-order chi connectivity index (χ0) is 19.2. The van der Waals surface area contributed by atoms with Crippen LogP contribution in [0, 0.1) is 5.92 Å². The Kier molecular flexibility index (Phi) is 5.71. The summed E-state index contributed by atoms with van der Waals surface area (Å²) in [5, 5.41) is 5.27. The molecule has 0 aliphatic carbocycles. The van der Waals surface area contributed by atoms with Crippen LogP contribution in [0.15, 0.2) is 54.6 Å². The number of amides is 4. The van der Waals surface area contributed by atoms with Gasteiger partial charge in [0.05, 0.1) is 5.92 Å². The second-order valence-electron chi connectivity index (χ2n) is 6.53. The first-order valence-corrected chi connectivity index (χ1v) is 8.80. The molecule has 3 rings (SSSR count). The van der Waals surface area contributed by atoms with Crippen LogP contribution in [-0.2, 0) is 16.0 Å². The number of primary amides is 1. The highest BCUT2D eigenvalue weighted by Gasteiger charge is 2.33. The van der Waals surface area contributed by atoms with Crippen LogP contribution >= 0.6 is 0 Å². The van der Waals surface area contributed by atoms with Crippen molar-refractivity contribution in [1.82, 2.24) is 4.90 Å². The molecule has 0 spiro atoms. The number of hydrogen-bond acceptors (Lipinski definition) is 3. The zero-order valence-electron chi connectivity index (χ0n) is 14.9. The molecule has 2 aromatic carbocycles. The van der Waals surface area contributed by atoms with Gasteiger partial charge in [-0.05, 0) is 36.2 Å². The highest BCUT2D eigenvalue weighted by molar-refractivity contribution is 5.97. The molecule has 1 aliphatic rings. The van der Waals surface area contributed by atoms with Gasteiger partial charge in [0, 0.05) is 30.9 Å². The number of nitrogens with one attached hydrogen (secondary N) is 2. The molecule has 4 N–H and O–H groups in total. The molecule has 7 heteroatoms. The molecular weight excluding hydrogens is 344 g/mol. The number of rotatable bonds is 6. The lowest BCUT2D eigenvalue weighted by Crippen LogP contribution is -2.30. The van der Waals surface area contributed by atoms with E-state index in [1.165, 1.54) is 5.56 Å². The molecule has 1 heterocycles. The van der Waals surface area contributed by atoms with E-state index < -0.39 is 6.03 Å². The minimum Gasteiger partial charge on any atom is -0.351 e. The van der Waals surface area contributed by atoms with Crippen LogP contribution in [0.4, 0.5) is 16.2 Å². The van der Waals surface area contributed by atoms with Crippen LogP contribution in [0.5, 0.6) is 0 Å². The Labute approximate surface area is 157 Å². The van der Waals surface area contributed by atoms with Gasteiger partial charge >= 0.3 is 6.03 Å². The summed E-state index contributed by atoms with van der Waals surface area (Å²) in [4.78, 5) is 37.2. The molecule has 1 fully saturated rings. The van der Waals surface area contributed by atoms with Crippen molar-refractivity contribution in [1.29, 1.82) is 0 Å². The average molecular weight is 366 g/mol. The van der Waals surface area contributed by atoms with E-state index in [1.807, 2.05) is 30.3 Å². The van der Waals surface area contributed by atoms with Crippen molar-refractivity contribution in [3.8, 4) is 0 Å². The third-order valence-corrected chi connectivity index (χ3v) is 4.52. The Morgan fingerprint density at radius 2 is 1.63 bits per heavy atom. The van der Waals surface area contributed by atoms with E-state index in [0.29, 0.717) is 24.5 Å². The van der Waals surface area contributed by atoms with Gasteiger partial charge in [0.2, 0.25) is 11.8 Å². The lowest BCUT2D eigenvalue weighted by molar-refractivity contribution is -0.128. The van der Waals surface area contributed by atoms with Gasteiger partial charge in [-0.1, -0.05) is 30.3 Å². The number of urea groups is 1. The fourth-order valence-electron chi connectivity index (χ4n) is 3.10. The summed E-state index contributed by atoms with van der Waals surface area (Å²) < 4.78 is 0. The van der Waals surface area contributed by atoms with Gasteiger partial charge in [-0.25, -0.2) is 4.79 Å². The quantitative estimate of drug-likeness (QED) is 0.730. The highest BCUT2D eigenvalue weighted by Crippen LogP contribution is 2.21. The third-order valence-electron chi connectivity index (χ3n) is 4.52. The smallest absolute Gasteiger partial charge is 0.316 e. The maximum atomic E-state index is 12.5. The maximum Gasteiger partial charge on any atom is 0.316 e. The number of nitrogens with two attached hydrogens (primary N) is 1. The summed E-state index contributed by atoms with van der Waals surface area (Å²) in [5.41, 5.74) is 7.37. The van der Waals surface area contributed by atoms with Crippen molar-refractivity contribution < 1.29 is 14.4 Å². The standard InChI is InChI=1S/C20H22N4O3/c21-20(27)23-17-8-6-16(7-9-17)22-19(26)15-12-18(25)24(13-15)11-10-14-4-2-1-3-5-14/h1-9,15H,10-13H2,(H,22,26)(H3,21,23,27). The number of anilines is 2. The van der Waals surface area contributed by atoms with Crippen molar-refractivity contribution in [3.05, 3.63) is 60.2 Å². The van der Waals surface area contributed by atoms with Gasteiger partial charge in [-0.2, -0.15) is 0 Å². The van der Waals surface area contributed by atoms with E-state index in [9.17, 15) is 14.4 Å². The lowest BCUT2D eigenvalue weighted by Gasteiger charge is -2.16. The maximum absolute atomic E-state index is 12.5. The van der Waals surface area contributed by atoms with E-state index >= 15 is 0 Å². The fraction of sp³-hybridized carbons (Fsp3) is 0.250. The van der Waals surface area contributed by atoms with Crippen LogP contribution in [-0.4, -0.2) is 35.8 Å². The average Bonchev–Trinajstić information content (AvgIpc) is 3.03. The number of likely N-dealkylation sites (tertiary alicyclic amines) is 1. The molecule has 0 radical (unpaired) electrons. The summed E-state index contributed by atoms with van der Waals surface area (Å²) in [7, 11) is 0. The van der Waals surface area contributed by atoms with Crippen molar-refractivity contribution in [3.63, 3.8) is 0 Å². The molecule has 4 amide bonds. The number of carbonyl (C=O) groups excluding carboxylic acids is 3. The van der Waals surface area contributed by atoms with Crippen LogP contribution < -0.4 is 16.4 Å². The molecule has 1 aliphatic heterocycles. The second kappa shape index (κ2) is 8.35. The molecule has 0 bridgehead atoms. The molecular formula is C20H22N4O3. The second-order valence-corrected chi connectivity index (χ2v) is 6.53. The number of hydrogen-bond donors (Lipinski definition) is 3. The van der Waals surface area contributed by atoms with Crippen molar-refractivity contribution in [2.75, 3.05) is 23.7 Å². The Hall–Kier alpha value is -3.35. The zero-order valence-corrected chi connectivity index (χ0v) is 14.9. The van der Waals surface area contributed by atoms with E-state index in [1.54, 1.807) is 29.2 Å². The van der Waals surface area contributed by atoms with Crippen molar-refractivity contribution in [2.45, 2.75) is 12.8 Å². The molecule has 140 valence electrons. The van der Waals surface area contributed by atoms with Crippen molar-refractivity contribution >= 4 is 29.2 Å². The monoisotopic (exact) mass is 366 g/mol. The third kappa shape index (κ3) is 5.07. The van der Waals surface area contributed by atoms with Gasteiger partial charge in [0.1, 0.15) is 0 Å². The van der Waals surface area contributed by atoms with Gasteiger partial charge in [0.15, 0.2) is 0 Å². The van der Waals surface area contributed by atoms with Gasteiger partial charge in [0.25, 0.3) is 0 Å². The minimum atomic E-state index is -0.646. The first kappa shape index (κ1) is 18.4. The first-order chi connectivity index (χ1) is 13.0. The Balaban J connectivity index is 1.51. The molecule has 7 nitrogen and oxygen atoms in total. The number of carbonyl (C=O) groups is 3. The summed E-state index contributed by atoms with van der Waals surface area (Å²) in [5.74, 6) is -0.537. The van der Waals surface area contributed by atoms with E-state index in [2.05, 4.69) is 10.6 Å². The molecule has 27 heavy (non-hydrogen) atoms. The van der Waals surface area contributed by atoms with Crippen LogP contribution in [0.25, 0.3) is 0 Å². The molecule has 2 aromatic rings. The number of benzene rings is 2. The lowest BCUT2D eigenvalue weighted by atomic mass is 10.1. The van der Waals surface area contributed by atoms with E-state index in [4.69, 9.17) is 5.73 Å². The Bertz CT molecular complexity index is 821. The largest absolute Gasteiger partial charge is 0.351 e. The molecule has 0 saturated carbocycles. The Morgan fingerprint density at radius 1 is 1.00 bits per heavy atom. The van der Waals surface area contributed by atoms with Crippen LogP contribution in [0.1, 0.15) is 12.0 Å². The van der Waals surface area contributed by atoms with E-state index in [-0.39, 0.29) is 24.2 Å². The molecule has 0 aromatic heterocycles. The Morgan fingerprint density at radius 3 is 2.26 bits per heavy atom. The van der Waals surface area contributed by atoms with Crippen LogP contribution in [0.2, 0.25) is 0 Å². The first-order valence-electron chi connectivity index (χ1n) is 8.80.